The fourth-order valence-electron chi connectivity index (χ4n) is 2.22. The summed E-state index contributed by atoms with van der Waals surface area (Å²) in [6, 6.07) is 7.63. The summed E-state index contributed by atoms with van der Waals surface area (Å²) in [4.78, 5) is 13.2. The topological polar surface area (TPSA) is 49.3 Å². The van der Waals surface area contributed by atoms with Crippen molar-refractivity contribution in [1.82, 2.24) is 5.32 Å². The van der Waals surface area contributed by atoms with Gasteiger partial charge in [0.2, 0.25) is 0 Å². The summed E-state index contributed by atoms with van der Waals surface area (Å²) in [5, 5.41) is 12.7. The van der Waals surface area contributed by atoms with E-state index in [4.69, 9.17) is 0 Å². The number of carbonyl (C=O) groups is 1. The molecular formula is C14H19NO2S. The van der Waals surface area contributed by atoms with Crippen molar-refractivity contribution in [3.63, 3.8) is 0 Å². The first-order valence-electron chi connectivity index (χ1n) is 6.08. The van der Waals surface area contributed by atoms with Gasteiger partial charge in [-0.2, -0.15) is 0 Å². The van der Waals surface area contributed by atoms with Crippen LogP contribution in [0.2, 0.25) is 0 Å². The molecule has 0 heterocycles. The van der Waals surface area contributed by atoms with Gasteiger partial charge >= 0.3 is 0 Å². The monoisotopic (exact) mass is 265 g/mol. The average Bonchev–Trinajstić information content (AvgIpc) is 2.38. The van der Waals surface area contributed by atoms with E-state index >= 15 is 0 Å². The van der Waals surface area contributed by atoms with E-state index in [-0.39, 0.29) is 23.5 Å². The Morgan fingerprint density at radius 3 is 2.67 bits per heavy atom. The summed E-state index contributed by atoms with van der Waals surface area (Å²) in [7, 11) is 0. The molecule has 1 aliphatic carbocycles. The van der Waals surface area contributed by atoms with Crippen molar-refractivity contribution in [1.29, 1.82) is 0 Å². The number of aliphatic hydroxyl groups is 1. The third kappa shape index (κ3) is 2.27. The molecule has 0 spiro atoms. The maximum Gasteiger partial charge on any atom is 0.252 e. The van der Waals surface area contributed by atoms with Crippen LogP contribution in [0.4, 0.5) is 0 Å². The summed E-state index contributed by atoms with van der Waals surface area (Å²) in [5.41, 5.74) is 0.478. The van der Waals surface area contributed by atoms with E-state index in [2.05, 4.69) is 5.32 Å². The quantitative estimate of drug-likeness (QED) is 0.824. The average molecular weight is 265 g/mol. The lowest BCUT2D eigenvalue weighted by Crippen LogP contribution is -2.61. The van der Waals surface area contributed by atoms with Gasteiger partial charge in [-0.05, 0) is 24.8 Å². The molecule has 0 aliphatic heterocycles. The molecule has 2 unspecified atom stereocenters. The highest BCUT2D eigenvalue weighted by atomic mass is 32.2. The van der Waals surface area contributed by atoms with Crippen LogP contribution in [0.3, 0.4) is 0 Å². The molecule has 1 aliphatic rings. The molecule has 18 heavy (non-hydrogen) atoms. The molecule has 4 heteroatoms. The number of carbonyl (C=O) groups excluding carboxylic acids is 1. The van der Waals surface area contributed by atoms with E-state index in [1.165, 1.54) is 0 Å². The van der Waals surface area contributed by atoms with Crippen molar-refractivity contribution in [3.8, 4) is 0 Å². The van der Waals surface area contributed by atoms with Crippen LogP contribution in [0.25, 0.3) is 0 Å². The third-order valence-corrected chi connectivity index (χ3v) is 4.67. The smallest absolute Gasteiger partial charge is 0.252 e. The van der Waals surface area contributed by atoms with Crippen molar-refractivity contribution in [2.24, 2.45) is 5.41 Å². The normalized spacial score (nSPS) is 25.3. The number of hydrogen-bond donors (Lipinski definition) is 2. The Labute approximate surface area is 112 Å². The zero-order chi connectivity index (χ0) is 13.3. The third-order valence-electron chi connectivity index (χ3n) is 3.87. The Hall–Kier alpha value is -1.00. The molecule has 2 atom stereocenters. The molecule has 1 fully saturated rings. The Balaban J connectivity index is 2.09. The van der Waals surface area contributed by atoms with E-state index in [1.54, 1.807) is 11.8 Å². The van der Waals surface area contributed by atoms with Crippen molar-refractivity contribution in [3.05, 3.63) is 29.8 Å². The highest BCUT2D eigenvalue weighted by Crippen LogP contribution is 2.40. The molecular weight excluding hydrogens is 246 g/mol. The Bertz CT molecular complexity index is 459. The molecule has 1 amide bonds. The van der Waals surface area contributed by atoms with Gasteiger partial charge in [-0.1, -0.05) is 26.0 Å². The Morgan fingerprint density at radius 2 is 2.11 bits per heavy atom. The Morgan fingerprint density at radius 1 is 1.44 bits per heavy atom. The lowest BCUT2D eigenvalue weighted by Gasteiger charge is -2.49. The predicted octanol–water partition coefficient (Wildman–Crippen LogP) is 2.30. The second-order valence-corrected chi connectivity index (χ2v) is 6.15. The van der Waals surface area contributed by atoms with Crippen LogP contribution in [-0.2, 0) is 0 Å². The molecule has 0 saturated heterocycles. The van der Waals surface area contributed by atoms with Gasteiger partial charge in [0, 0.05) is 16.4 Å². The maximum atomic E-state index is 12.2. The summed E-state index contributed by atoms with van der Waals surface area (Å²) in [6.45, 7) is 3.96. The second-order valence-electron chi connectivity index (χ2n) is 5.30. The second kappa shape index (κ2) is 4.94. The van der Waals surface area contributed by atoms with Crippen LogP contribution >= 0.6 is 11.8 Å². The summed E-state index contributed by atoms with van der Waals surface area (Å²) < 4.78 is 0. The van der Waals surface area contributed by atoms with Gasteiger partial charge in [-0.15, -0.1) is 11.8 Å². The van der Waals surface area contributed by atoms with Gasteiger partial charge in [-0.25, -0.2) is 0 Å². The number of rotatable bonds is 3. The summed E-state index contributed by atoms with van der Waals surface area (Å²) in [5.74, 6) is -0.0510. The SMILES string of the molecule is CSc1ccccc1C(=O)NC1CC(O)C1(C)C. The first-order chi connectivity index (χ1) is 8.46. The molecule has 0 radical (unpaired) electrons. The Kier molecular flexibility index (Phi) is 3.69. The van der Waals surface area contributed by atoms with E-state index in [0.717, 1.165) is 4.90 Å². The van der Waals surface area contributed by atoms with E-state index in [1.807, 2.05) is 44.4 Å². The van der Waals surface area contributed by atoms with Crippen LogP contribution in [0.15, 0.2) is 29.2 Å². The summed E-state index contributed by atoms with van der Waals surface area (Å²) >= 11 is 1.57. The highest BCUT2D eigenvalue weighted by Gasteiger charge is 2.48. The molecule has 1 saturated carbocycles. The fraction of sp³-hybridized carbons (Fsp3) is 0.500. The molecule has 0 aromatic heterocycles. The molecule has 1 aromatic rings. The number of benzene rings is 1. The van der Waals surface area contributed by atoms with Gasteiger partial charge in [0.15, 0.2) is 0 Å². The van der Waals surface area contributed by atoms with Crippen molar-refractivity contribution in [2.45, 2.75) is 37.3 Å². The molecule has 2 rings (SSSR count). The lowest BCUT2D eigenvalue weighted by atomic mass is 9.64. The van der Waals surface area contributed by atoms with Gasteiger partial charge < -0.3 is 10.4 Å². The molecule has 2 N–H and O–H groups in total. The zero-order valence-corrected chi connectivity index (χ0v) is 11.8. The van der Waals surface area contributed by atoms with Gasteiger partial charge in [0.1, 0.15) is 0 Å². The highest BCUT2D eigenvalue weighted by molar-refractivity contribution is 7.98. The number of hydrogen-bond acceptors (Lipinski definition) is 3. The minimum absolute atomic E-state index is 0.0508. The van der Waals surface area contributed by atoms with Crippen LogP contribution < -0.4 is 5.32 Å². The van der Waals surface area contributed by atoms with Crippen LogP contribution in [-0.4, -0.2) is 29.4 Å². The van der Waals surface area contributed by atoms with Crippen LogP contribution in [0.5, 0.6) is 0 Å². The van der Waals surface area contributed by atoms with Gasteiger partial charge in [-0.3, -0.25) is 4.79 Å². The van der Waals surface area contributed by atoms with Gasteiger partial charge in [0.25, 0.3) is 5.91 Å². The first kappa shape index (κ1) is 13.4. The minimum atomic E-state index is -0.321. The fourth-order valence-corrected chi connectivity index (χ4v) is 2.81. The molecule has 3 nitrogen and oxygen atoms in total. The van der Waals surface area contributed by atoms with Crippen LogP contribution in [0, 0.1) is 5.41 Å². The maximum absolute atomic E-state index is 12.2. The largest absolute Gasteiger partial charge is 0.392 e. The van der Waals surface area contributed by atoms with Gasteiger partial charge in [0.05, 0.1) is 11.7 Å². The van der Waals surface area contributed by atoms with Crippen LogP contribution in [0.1, 0.15) is 30.6 Å². The lowest BCUT2D eigenvalue weighted by molar-refractivity contribution is -0.0689. The van der Waals surface area contributed by atoms with Crippen molar-refractivity contribution >= 4 is 17.7 Å². The van der Waals surface area contributed by atoms with Crippen molar-refractivity contribution in [2.75, 3.05) is 6.26 Å². The minimum Gasteiger partial charge on any atom is -0.392 e. The number of amides is 1. The predicted molar refractivity (Wildman–Crippen MR) is 73.9 cm³/mol. The number of thioether (sulfide) groups is 1. The van der Waals surface area contributed by atoms with E-state index in [9.17, 15) is 9.90 Å². The molecule has 0 bridgehead atoms. The summed E-state index contributed by atoms with van der Waals surface area (Å²) in [6.07, 6.45) is 2.28. The van der Waals surface area contributed by atoms with Crippen molar-refractivity contribution < 1.29 is 9.90 Å². The molecule has 98 valence electrons. The number of nitrogens with one attached hydrogen (secondary N) is 1. The standard InChI is InChI=1S/C14H19NO2S/c1-14(2)11(8-12(14)16)15-13(17)9-6-4-5-7-10(9)18-3/h4-7,11-12,16H,8H2,1-3H3,(H,15,17). The zero-order valence-electron chi connectivity index (χ0n) is 10.9. The van der Waals surface area contributed by atoms with E-state index in [0.29, 0.717) is 12.0 Å². The van der Waals surface area contributed by atoms with E-state index < -0.39 is 0 Å². The molecule has 1 aromatic carbocycles. The first-order valence-corrected chi connectivity index (χ1v) is 7.31. The number of aliphatic hydroxyl groups excluding tert-OH is 1.